The Hall–Kier alpha value is -2.01. The average Bonchev–Trinajstić information content (AvgIpc) is 2.53. The molecule has 1 aromatic carbocycles. The molecular formula is C20H30ClN3O2. The summed E-state index contributed by atoms with van der Waals surface area (Å²) in [5, 5.41) is 7.72. The van der Waals surface area contributed by atoms with Gasteiger partial charge in [0.15, 0.2) is 5.84 Å². The van der Waals surface area contributed by atoms with Gasteiger partial charge in [-0.15, -0.1) is 0 Å². The lowest BCUT2D eigenvalue weighted by atomic mass is 10.1. The van der Waals surface area contributed by atoms with E-state index in [0.29, 0.717) is 42.3 Å². The van der Waals surface area contributed by atoms with Crippen molar-refractivity contribution in [2.45, 2.75) is 47.6 Å². The molecule has 0 radical (unpaired) electrons. The number of hydrogen-bond acceptors (Lipinski definition) is 4. The Morgan fingerprint density at radius 3 is 2.62 bits per heavy atom. The Labute approximate surface area is 161 Å². The molecule has 0 spiro atoms. The van der Waals surface area contributed by atoms with E-state index in [1.807, 2.05) is 39.0 Å². The summed E-state index contributed by atoms with van der Waals surface area (Å²) in [5.74, 6) is 1.93. The molecule has 6 heteroatoms. The molecule has 2 N–H and O–H groups in total. The first-order valence-corrected chi connectivity index (χ1v) is 9.34. The lowest BCUT2D eigenvalue weighted by molar-refractivity contribution is -0.120. The molecule has 0 aliphatic heterocycles. The minimum Gasteiger partial charge on any atom is -0.493 e. The number of amides is 1. The zero-order valence-corrected chi connectivity index (χ0v) is 17.1. The second-order valence-electron chi connectivity index (χ2n) is 6.93. The van der Waals surface area contributed by atoms with Crippen molar-refractivity contribution in [2.24, 2.45) is 16.9 Å². The number of amidine groups is 1. The lowest BCUT2D eigenvalue weighted by Gasteiger charge is -2.14. The van der Waals surface area contributed by atoms with Crippen LogP contribution in [0.1, 0.15) is 46.6 Å². The van der Waals surface area contributed by atoms with Crippen molar-refractivity contribution in [1.29, 1.82) is 0 Å². The molecule has 5 nitrogen and oxygen atoms in total. The summed E-state index contributed by atoms with van der Waals surface area (Å²) in [6.45, 7) is 11.1. The Morgan fingerprint density at radius 1 is 1.27 bits per heavy atom. The molecule has 0 atom stereocenters. The Morgan fingerprint density at radius 2 is 2.00 bits per heavy atom. The predicted octanol–water partition coefficient (Wildman–Crippen LogP) is 4.52. The van der Waals surface area contributed by atoms with E-state index in [4.69, 9.17) is 16.3 Å². The minimum absolute atomic E-state index is 0.0534. The van der Waals surface area contributed by atoms with E-state index < -0.39 is 0 Å². The summed E-state index contributed by atoms with van der Waals surface area (Å²) in [7, 11) is 0. The first-order chi connectivity index (χ1) is 12.3. The Kier molecular flexibility index (Phi) is 9.81. The summed E-state index contributed by atoms with van der Waals surface area (Å²) in [6, 6.07) is 5.52. The standard InChI is InChI=1S/C20H30ClN3O2/c1-6-7-19(23-20(25)10-14(2)3)24-22-12-16-11-17(21)8-9-18(16)26-13-15(4)5/h6-9,11,14-15,22H,10,12-13H2,1-5H3,(H,23,24,25)/b7-6+. The number of nitrogens with zero attached hydrogens (tertiary/aromatic N) is 1. The van der Waals surface area contributed by atoms with Crippen LogP contribution in [0.4, 0.5) is 0 Å². The fourth-order valence-electron chi connectivity index (χ4n) is 2.12. The third-order valence-corrected chi connectivity index (χ3v) is 3.48. The zero-order chi connectivity index (χ0) is 19.5. The Balaban J connectivity index is 2.76. The largest absolute Gasteiger partial charge is 0.493 e. The van der Waals surface area contributed by atoms with Crippen LogP contribution in [0.2, 0.25) is 5.02 Å². The van der Waals surface area contributed by atoms with Crippen LogP contribution < -0.4 is 15.5 Å². The summed E-state index contributed by atoms with van der Waals surface area (Å²) in [4.78, 5) is 11.9. The molecule has 1 amide bonds. The fourth-order valence-corrected chi connectivity index (χ4v) is 2.32. The first kappa shape index (κ1) is 22.0. The van der Waals surface area contributed by atoms with Crippen molar-refractivity contribution in [2.75, 3.05) is 6.61 Å². The zero-order valence-electron chi connectivity index (χ0n) is 16.3. The molecule has 0 aromatic heterocycles. The molecule has 144 valence electrons. The number of hydrazone groups is 1. The molecule has 0 fully saturated rings. The molecule has 0 saturated carbocycles. The second kappa shape index (κ2) is 11.6. The molecule has 0 heterocycles. The molecule has 1 aromatic rings. The summed E-state index contributed by atoms with van der Waals surface area (Å²) < 4.78 is 5.84. The summed E-state index contributed by atoms with van der Waals surface area (Å²) in [5.41, 5.74) is 3.90. The topological polar surface area (TPSA) is 62.7 Å². The van der Waals surface area contributed by atoms with Crippen LogP contribution >= 0.6 is 11.6 Å². The van der Waals surface area contributed by atoms with Gasteiger partial charge in [-0.2, -0.15) is 5.10 Å². The van der Waals surface area contributed by atoms with Gasteiger partial charge in [-0.05, 0) is 43.0 Å². The maximum atomic E-state index is 11.9. The van der Waals surface area contributed by atoms with Gasteiger partial charge in [-0.3, -0.25) is 4.79 Å². The number of carbonyl (C=O) groups is 1. The summed E-state index contributed by atoms with van der Waals surface area (Å²) in [6.07, 6.45) is 4.03. The molecule has 1 rings (SSSR count). The molecular weight excluding hydrogens is 350 g/mol. The molecule has 0 bridgehead atoms. The second-order valence-corrected chi connectivity index (χ2v) is 7.37. The highest BCUT2D eigenvalue weighted by Gasteiger charge is 2.08. The highest BCUT2D eigenvalue weighted by atomic mass is 35.5. The van der Waals surface area contributed by atoms with Gasteiger partial charge in [0, 0.05) is 17.0 Å². The number of allylic oxidation sites excluding steroid dienone is 1. The van der Waals surface area contributed by atoms with Crippen molar-refractivity contribution in [3.05, 3.63) is 40.9 Å². The number of hydrogen-bond donors (Lipinski definition) is 2. The highest BCUT2D eigenvalue weighted by molar-refractivity contribution is 6.30. The van der Waals surface area contributed by atoms with E-state index in [9.17, 15) is 4.79 Å². The van der Waals surface area contributed by atoms with Crippen LogP contribution in [0.3, 0.4) is 0 Å². The fraction of sp³-hybridized carbons (Fsp3) is 0.500. The van der Waals surface area contributed by atoms with Gasteiger partial charge in [0.1, 0.15) is 5.75 Å². The van der Waals surface area contributed by atoms with Gasteiger partial charge in [0.2, 0.25) is 5.91 Å². The van der Waals surface area contributed by atoms with Gasteiger partial charge < -0.3 is 15.5 Å². The van der Waals surface area contributed by atoms with Gasteiger partial charge >= 0.3 is 0 Å². The van der Waals surface area contributed by atoms with Crippen LogP contribution in [-0.4, -0.2) is 18.3 Å². The van der Waals surface area contributed by atoms with E-state index in [-0.39, 0.29) is 5.91 Å². The van der Waals surface area contributed by atoms with E-state index in [0.717, 1.165) is 11.3 Å². The SMILES string of the molecule is C/C=C/C(=N\NCc1cc(Cl)ccc1OCC(C)C)NC(=O)CC(C)C. The smallest absolute Gasteiger partial charge is 0.225 e. The van der Waals surface area contributed by atoms with Crippen LogP contribution in [0, 0.1) is 11.8 Å². The molecule has 0 unspecified atom stereocenters. The van der Waals surface area contributed by atoms with Crippen LogP contribution in [-0.2, 0) is 11.3 Å². The van der Waals surface area contributed by atoms with Gasteiger partial charge in [-0.25, -0.2) is 0 Å². The highest BCUT2D eigenvalue weighted by Crippen LogP contribution is 2.23. The van der Waals surface area contributed by atoms with Crippen molar-refractivity contribution in [1.82, 2.24) is 10.7 Å². The normalized spacial score (nSPS) is 12.1. The molecule has 26 heavy (non-hydrogen) atoms. The molecule has 0 aliphatic carbocycles. The number of benzene rings is 1. The van der Waals surface area contributed by atoms with Crippen molar-refractivity contribution < 1.29 is 9.53 Å². The number of nitrogens with one attached hydrogen (secondary N) is 2. The lowest BCUT2D eigenvalue weighted by Crippen LogP contribution is -2.31. The quantitative estimate of drug-likeness (QED) is 0.377. The van der Waals surface area contributed by atoms with Crippen molar-refractivity contribution in [3.8, 4) is 5.75 Å². The van der Waals surface area contributed by atoms with E-state index >= 15 is 0 Å². The third kappa shape index (κ3) is 8.90. The van der Waals surface area contributed by atoms with Crippen LogP contribution in [0.15, 0.2) is 35.5 Å². The van der Waals surface area contributed by atoms with Crippen LogP contribution in [0.25, 0.3) is 0 Å². The maximum absolute atomic E-state index is 11.9. The van der Waals surface area contributed by atoms with Gasteiger partial charge in [0.25, 0.3) is 0 Å². The van der Waals surface area contributed by atoms with Crippen molar-refractivity contribution in [3.63, 3.8) is 0 Å². The monoisotopic (exact) mass is 379 g/mol. The van der Waals surface area contributed by atoms with E-state index in [2.05, 4.69) is 29.7 Å². The molecule has 0 aliphatic rings. The van der Waals surface area contributed by atoms with Gasteiger partial charge in [-0.1, -0.05) is 45.4 Å². The first-order valence-electron chi connectivity index (χ1n) is 8.96. The number of ether oxygens (including phenoxy) is 1. The third-order valence-electron chi connectivity index (χ3n) is 3.25. The van der Waals surface area contributed by atoms with E-state index in [1.165, 1.54) is 0 Å². The average molecular weight is 380 g/mol. The van der Waals surface area contributed by atoms with E-state index in [1.54, 1.807) is 12.1 Å². The van der Waals surface area contributed by atoms with Gasteiger partial charge in [0.05, 0.1) is 13.2 Å². The summed E-state index contributed by atoms with van der Waals surface area (Å²) >= 11 is 6.10. The minimum atomic E-state index is -0.0534. The van der Waals surface area contributed by atoms with Crippen LogP contribution in [0.5, 0.6) is 5.75 Å². The Bertz CT molecular complexity index is 640. The molecule has 0 saturated heterocycles. The van der Waals surface area contributed by atoms with Crippen molar-refractivity contribution >= 4 is 23.3 Å². The maximum Gasteiger partial charge on any atom is 0.225 e. The number of rotatable bonds is 9. The predicted molar refractivity (Wildman–Crippen MR) is 108 cm³/mol. The number of halogens is 1. The number of carbonyl (C=O) groups excluding carboxylic acids is 1.